The Labute approximate surface area is 145 Å². The number of rotatable bonds is 4. The Morgan fingerprint density at radius 3 is 2.76 bits per heavy atom. The van der Waals surface area contributed by atoms with E-state index < -0.39 is 0 Å². The first-order valence-electron chi connectivity index (χ1n) is 8.92. The van der Waals surface area contributed by atoms with E-state index in [4.69, 9.17) is 4.52 Å². The highest BCUT2D eigenvalue weighted by atomic mass is 16.5. The fourth-order valence-corrected chi connectivity index (χ4v) is 3.61. The van der Waals surface area contributed by atoms with Crippen LogP contribution in [0.25, 0.3) is 11.4 Å². The van der Waals surface area contributed by atoms with Crippen LogP contribution in [0.5, 0.6) is 0 Å². The molecule has 128 valence electrons. The predicted octanol–water partition coefficient (Wildman–Crippen LogP) is 3.12. The van der Waals surface area contributed by atoms with E-state index >= 15 is 0 Å². The zero-order valence-electron chi connectivity index (χ0n) is 13.9. The van der Waals surface area contributed by atoms with Gasteiger partial charge in [0.05, 0.1) is 6.33 Å². The van der Waals surface area contributed by atoms with Crippen LogP contribution in [0.4, 0.5) is 5.82 Å². The molecule has 1 aliphatic carbocycles. The lowest BCUT2D eigenvalue weighted by Gasteiger charge is -2.27. The third-order valence-corrected chi connectivity index (χ3v) is 5.15. The minimum Gasteiger partial charge on any atom is -0.357 e. The number of imidazole rings is 1. The molecule has 1 saturated carbocycles. The van der Waals surface area contributed by atoms with E-state index in [1.807, 2.05) is 18.5 Å². The maximum absolute atomic E-state index is 5.48. The number of anilines is 1. The summed E-state index contributed by atoms with van der Waals surface area (Å²) in [6, 6.07) is 4.09. The highest BCUT2D eigenvalue weighted by Crippen LogP contribution is 2.53. The molecule has 1 saturated heterocycles. The summed E-state index contributed by atoms with van der Waals surface area (Å²) in [5.74, 6) is 3.06. The number of hydrogen-bond donors (Lipinski definition) is 1. The number of nitrogens with zero attached hydrogens (tertiary/aromatic N) is 5. The molecule has 0 bridgehead atoms. The molecule has 3 aromatic rings. The summed E-state index contributed by atoms with van der Waals surface area (Å²) < 4.78 is 5.48. The molecular weight excluding hydrogens is 316 g/mol. The summed E-state index contributed by atoms with van der Waals surface area (Å²) in [7, 11) is 0. The highest BCUT2D eigenvalue weighted by Gasteiger charge is 2.44. The van der Waals surface area contributed by atoms with Gasteiger partial charge in [0, 0.05) is 48.6 Å². The second-order valence-electron chi connectivity index (χ2n) is 6.86. The molecule has 0 spiro atoms. The van der Waals surface area contributed by atoms with E-state index in [0.717, 1.165) is 36.6 Å². The second-order valence-corrected chi connectivity index (χ2v) is 6.86. The van der Waals surface area contributed by atoms with Gasteiger partial charge in [0.15, 0.2) is 0 Å². The van der Waals surface area contributed by atoms with E-state index in [1.54, 1.807) is 6.33 Å². The van der Waals surface area contributed by atoms with Gasteiger partial charge < -0.3 is 14.4 Å². The monoisotopic (exact) mass is 336 g/mol. The molecule has 7 nitrogen and oxygen atoms in total. The molecule has 1 aliphatic heterocycles. The molecule has 2 atom stereocenters. The van der Waals surface area contributed by atoms with Crippen molar-refractivity contribution in [3.05, 3.63) is 42.4 Å². The Morgan fingerprint density at radius 2 is 2.00 bits per heavy atom. The van der Waals surface area contributed by atoms with Gasteiger partial charge in [-0.15, -0.1) is 0 Å². The smallest absolute Gasteiger partial charge is 0.230 e. The molecule has 4 heterocycles. The number of hydrogen-bond acceptors (Lipinski definition) is 6. The summed E-state index contributed by atoms with van der Waals surface area (Å²) in [5.41, 5.74) is 2.03. The van der Waals surface area contributed by atoms with Gasteiger partial charge in [-0.05, 0) is 37.8 Å². The van der Waals surface area contributed by atoms with E-state index in [-0.39, 0.29) is 0 Å². The lowest BCUT2D eigenvalue weighted by molar-refractivity contribution is 0.378. The zero-order valence-corrected chi connectivity index (χ0v) is 13.9. The Balaban J connectivity index is 1.30. The number of piperidine rings is 1. The van der Waals surface area contributed by atoms with Gasteiger partial charge in [-0.3, -0.25) is 0 Å². The molecule has 3 aromatic heterocycles. The summed E-state index contributed by atoms with van der Waals surface area (Å²) >= 11 is 0. The van der Waals surface area contributed by atoms with Crippen LogP contribution in [-0.4, -0.2) is 38.2 Å². The molecule has 0 radical (unpaired) electrons. The normalized spacial score (nSPS) is 23.0. The molecule has 5 rings (SSSR count). The lowest BCUT2D eigenvalue weighted by Crippen LogP contribution is -2.29. The van der Waals surface area contributed by atoms with Gasteiger partial charge in [0.1, 0.15) is 5.82 Å². The van der Waals surface area contributed by atoms with E-state index in [0.29, 0.717) is 23.6 Å². The van der Waals surface area contributed by atoms with Crippen LogP contribution in [0.15, 0.2) is 35.4 Å². The first-order chi connectivity index (χ1) is 12.4. The highest BCUT2D eigenvalue weighted by molar-refractivity contribution is 5.56. The van der Waals surface area contributed by atoms with Crippen molar-refractivity contribution >= 4 is 5.82 Å². The van der Waals surface area contributed by atoms with Crippen LogP contribution in [0.2, 0.25) is 0 Å². The van der Waals surface area contributed by atoms with E-state index in [1.165, 1.54) is 19.3 Å². The van der Waals surface area contributed by atoms with E-state index in [9.17, 15) is 0 Å². The van der Waals surface area contributed by atoms with Gasteiger partial charge in [-0.25, -0.2) is 9.97 Å². The average molecular weight is 336 g/mol. The number of nitrogens with one attached hydrogen (secondary N) is 1. The molecule has 0 unspecified atom stereocenters. The van der Waals surface area contributed by atoms with Crippen molar-refractivity contribution in [2.45, 2.75) is 37.5 Å². The third-order valence-electron chi connectivity index (χ3n) is 5.15. The summed E-state index contributed by atoms with van der Waals surface area (Å²) in [6.07, 6.45) is 10.3. The van der Waals surface area contributed by atoms with Crippen LogP contribution >= 0.6 is 0 Å². The maximum Gasteiger partial charge on any atom is 0.230 e. The molecule has 2 fully saturated rings. The lowest BCUT2D eigenvalue weighted by atomic mass is 10.1. The van der Waals surface area contributed by atoms with Crippen molar-refractivity contribution in [1.29, 1.82) is 0 Å². The third kappa shape index (κ3) is 2.79. The van der Waals surface area contributed by atoms with Crippen molar-refractivity contribution in [2.75, 3.05) is 18.0 Å². The average Bonchev–Trinajstić information content (AvgIpc) is 3.10. The van der Waals surface area contributed by atoms with Crippen molar-refractivity contribution < 1.29 is 4.52 Å². The van der Waals surface area contributed by atoms with Gasteiger partial charge in [0.25, 0.3) is 0 Å². The molecule has 25 heavy (non-hydrogen) atoms. The molecule has 0 amide bonds. The number of H-pyrrole nitrogens is 1. The van der Waals surface area contributed by atoms with Gasteiger partial charge in [-0.2, -0.15) is 4.98 Å². The van der Waals surface area contributed by atoms with Crippen molar-refractivity contribution in [2.24, 2.45) is 0 Å². The molecule has 2 aliphatic rings. The SMILES string of the molecule is c1ncc([C@H]2C[C@@H]2c2nc(-c3ccc(N4CCCCC4)nc3)no2)[nH]1. The van der Waals surface area contributed by atoms with Gasteiger partial charge >= 0.3 is 0 Å². The zero-order chi connectivity index (χ0) is 16.6. The van der Waals surface area contributed by atoms with Crippen LogP contribution < -0.4 is 4.90 Å². The Bertz CT molecular complexity index is 835. The minimum absolute atomic E-state index is 0.294. The van der Waals surface area contributed by atoms with Crippen LogP contribution in [0.3, 0.4) is 0 Å². The van der Waals surface area contributed by atoms with Crippen molar-refractivity contribution in [1.82, 2.24) is 25.1 Å². The Hall–Kier alpha value is -2.70. The number of pyridine rings is 1. The number of aromatic amines is 1. The van der Waals surface area contributed by atoms with Crippen molar-refractivity contribution in [3.63, 3.8) is 0 Å². The van der Waals surface area contributed by atoms with E-state index in [2.05, 4.69) is 36.1 Å². The topological polar surface area (TPSA) is 83.7 Å². The largest absolute Gasteiger partial charge is 0.357 e. The minimum atomic E-state index is 0.294. The molecular formula is C18H20N6O. The first kappa shape index (κ1) is 14.6. The second kappa shape index (κ2) is 5.98. The molecule has 1 N–H and O–H groups in total. The quantitative estimate of drug-likeness (QED) is 0.788. The fourth-order valence-electron chi connectivity index (χ4n) is 3.61. The predicted molar refractivity (Wildman–Crippen MR) is 92.3 cm³/mol. The van der Waals surface area contributed by atoms with Gasteiger partial charge in [-0.1, -0.05) is 5.16 Å². The molecule has 7 heteroatoms. The van der Waals surface area contributed by atoms with Gasteiger partial charge in [0.2, 0.25) is 11.7 Å². The maximum atomic E-state index is 5.48. The summed E-state index contributed by atoms with van der Waals surface area (Å²) in [6.45, 7) is 2.19. The van der Waals surface area contributed by atoms with Crippen molar-refractivity contribution in [3.8, 4) is 11.4 Å². The van der Waals surface area contributed by atoms with Crippen LogP contribution in [0.1, 0.15) is 49.1 Å². The summed E-state index contributed by atoms with van der Waals surface area (Å²) in [4.78, 5) is 18.8. The number of aromatic nitrogens is 5. The van der Waals surface area contributed by atoms with Crippen LogP contribution in [0, 0.1) is 0 Å². The Morgan fingerprint density at radius 1 is 1.08 bits per heavy atom. The van der Waals surface area contributed by atoms with Crippen LogP contribution in [-0.2, 0) is 0 Å². The first-order valence-corrected chi connectivity index (χ1v) is 8.92. The molecule has 0 aromatic carbocycles. The standard InChI is InChI=1S/C18H20N6O/c1-2-6-24(7-3-1)16-5-4-12(9-20-16)17-22-18(25-23-17)14-8-13(14)15-10-19-11-21-15/h4-5,9-11,13-14H,1-3,6-8H2,(H,19,21)/t13-,14-/m0/s1. The summed E-state index contributed by atoms with van der Waals surface area (Å²) in [5, 5.41) is 4.14. The fraction of sp³-hybridized carbons (Fsp3) is 0.444. The Kier molecular flexibility index (Phi) is 3.50.